The van der Waals surface area contributed by atoms with Gasteiger partial charge in [-0.2, -0.15) is 0 Å². The van der Waals surface area contributed by atoms with E-state index in [1.807, 2.05) is 19.2 Å². The molecule has 0 saturated carbocycles. The highest BCUT2D eigenvalue weighted by molar-refractivity contribution is 14.1. The van der Waals surface area contributed by atoms with Gasteiger partial charge in [-0.15, -0.1) is 0 Å². The van der Waals surface area contributed by atoms with Crippen molar-refractivity contribution in [3.8, 4) is 0 Å². The Morgan fingerprint density at radius 3 is 2.65 bits per heavy atom. The fourth-order valence-corrected chi connectivity index (χ4v) is 2.82. The molecular weight excluding hydrogens is 393 g/mol. The molecule has 1 N–H and O–H groups in total. The number of aryl methyl sites for hydroxylation is 1. The van der Waals surface area contributed by atoms with Crippen LogP contribution in [0.3, 0.4) is 0 Å². The SMILES string of the molecule is CNC(c1ccc(Br)o1)c1cccc(C)c1I. The molecule has 4 heteroatoms. The van der Waals surface area contributed by atoms with Crippen LogP contribution in [0.15, 0.2) is 39.4 Å². The highest BCUT2D eigenvalue weighted by Gasteiger charge is 2.18. The Balaban J connectivity index is 2.45. The number of halogens is 2. The minimum absolute atomic E-state index is 0.0908. The lowest BCUT2D eigenvalue weighted by molar-refractivity contribution is 0.446. The number of hydrogen-bond donors (Lipinski definition) is 1. The van der Waals surface area contributed by atoms with Crippen LogP contribution in [-0.4, -0.2) is 7.05 Å². The van der Waals surface area contributed by atoms with E-state index in [9.17, 15) is 0 Å². The van der Waals surface area contributed by atoms with E-state index in [1.165, 1.54) is 14.7 Å². The molecule has 0 aliphatic carbocycles. The Hall–Kier alpha value is -0.330. The van der Waals surface area contributed by atoms with Crippen molar-refractivity contribution in [2.45, 2.75) is 13.0 Å². The molecule has 1 aromatic heterocycles. The van der Waals surface area contributed by atoms with Gasteiger partial charge in [0.25, 0.3) is 0 Å². The Morgan fingerprint density at radius 2 is 2.06 bits per heavy atom. The minimum atomic E-state index is 0.0908. The molecule has 2 rings (SSSR count). The molecule has 17 heavy (non-hydrogen) atoms. The summed E-state index contributed by atoms with van der Waals surface area (Å²) in [6, 6.07) is 10.3. The highest BCUT2D eigenvalue weighted by Crippen LogP contribution is 2.30. The fourth-order valence-electron chi connectivity index (χ4n) is 1.83. The summed E-state index contributed by atoms with van der Waals surface area (Å²) < 4.78 is 7.67. The van der Waals surface area contributed by atoms with Crippen LogP contribution in [0.4, 0.5) is 0 Å². The molecule has 0 saturated heterocycles. The van der Waals surface area contributed by atoms with E-state index < -0.39 is 0 Å². The van der Waals surface area contributed by atoms with E-state index in [0.717, 1.165) is 10.4 Å². The second-order valence-electron chi connectivity index (χ2n) is 3.84. The van der Waals surface area contributed by atoms with Gasteiger partial charge in [-0.25, -0.2) is 0 Å². The second-order valence-corrected chi connectivity index (χ2v) is 5.70. The molecule has 1 atom stereocenters. The molecule has 0 fully saturated rings. The normalized spacial score (nSPS) is 12.7. The molecule has 0 radical (unpaired) electrons. The molecule has 0 aliphatic heterocycles. The summed E-state index contributed by atoms with van der Waals surface area (Å²) in [7, 11) is 1.94. The van der Waals surface area contributed by atoms with Gasteiger partial charge < -0.3 is 9.73 Å². The van der Waals surface area contributed by atoms with Gasteiger partial charge in [0.1, 0.15) is 5.76 Å². The first kappa shape index (κ1) is 13.1. The molecular formula is C13H13BrINO. The van der Waals surface area contributed by atoms with Gasteiger partial charge >= 0.3 is 0 Å². The van der Waals surface area contributed by atoms with Crippen molar-refractivity contribution in [2.24, 2.45) is 0 Å². The fraction of sp³-hybridized carbons (Fsp3) is 0.231. The Bertz CT molecular complexity index is 524. The monoisotopic (exact) mass is 405 g/mol. The number of benzene rings is 1. The number of rotatable bonds is 3. The summed E-state index contributed by atoms with van der Waals surface area (Å²) in [5.74, 6) is 0.919. The van der Waals surface area contributed by atoms with Gasteiger partial charge in [-0.05, 0) is 75.8 Å². The van der Waals surface area contributed by atoms with E-state index in [2.05, 4.69) is 69.0 Å². The van der Waals surface area contributed by atoms with Crippen LogP contribution in [0.2, 0.25) is 0 Å². The lowest BCUT2D eigenvalue weighted by Gasteiger charge is -2.17. The Morgan fingerprint density at radius 1 is 1.29 bits per heavy atom. The summed E-state index contributed by atoms with van der Waals surface area (Å²) >= 11 is 5.72. The zero-order valence-corrected chi connectivity index (χ0v) is 13.4. The Kier molecular flexibility index (Phi) is 4.27. The van der Waals surface area contributed by atoms with Crippen molar-refractivity contribution in [1.29, 1.82) is 0 Å². The van der Waals surface area contributed by atoms with Crippen LogP contribution in [-0.2, 0) is 0 Å². The van der Waals surface area contributed by atoms with Gasteiger partial charge in [0.15, 0.2) is 4.67 Å². The molecule has 2 aromatic rings. The van der Waals surface area contributed by atoms with Gasteiger partial charge in [-0.1, -0.05) is 18.2 Å². The largest absolute Gasteiger partial charge is 0.452 e. The van der Waals surface area contributed by atoms with Crippen molar-refractivity contribution in [2.75, 3.05) is 7.05 Å². The topological polar surface area (TPSA) is 25.2 Å². The molecule has 90 valence electrons. The van der Waals surface area contributed by atoms with Gasteiger partial charge in [0.05, 0.1) is 6.04 Å². The average molecular weight is 406 g/mol. The van der Waals surface area contributed by atoms with Crippen LogP contribution in [0.25, 0.3) is 0 Å². The second kappa shape index (κ2) is 5.54. The predicted octanol–water partition coefficient (Wildman–Crippen LogP) is 4.26. The van der Waals surface area contributed by atoms with Crippen molar-refractivity contribution in [1.82, 2.24) is 5.32 Å². The van der Waals surface area contributed by atoms with Crippen molar-refractivity contribution >= 4 is 38.5 Å². The maximum Gasteiger partial charge on any atom is 0.169 e. The van der Waals surface area contributed by atoms with Crippen LogP contribution in [0.1, 0.15) is 22.9 Å². The first-order valence-corrected chi connectivity index (χ1v) is 7.18. The van der Waals surface area contributed by atoms with E-state index >= 15 is 0 Å². The minimum Gasteiger partial charge on any atom is -0.452 e. The number of furan rings is 1. The third-order valence-corrected chi connectivity index (χ3v) is 4.60. The lowest BCUT2D eigenvalue weighted by Crippen LogP contribution is -2.18. The van der Waals surface area contributed by atoms with Gasteiger partial charge in [0.2, 0.25) is 0 Å². The van der Waals surface area contributed by atoms with Crippen LogP contribution < -0.4 is 5.32 Å². The molecule has 0 amide bonds. The quantitative estimate of drug-likeness (QED) is 0.771. The van der Waals surface area contributed by atoms with E-state index in [4.69, 9.17) is 4.42 Å². The molecule has 2 nitrogen and oxygen atoms in total. The molecule has 1 heterocycles. The lowest BCUT2D eigenvalue weighted by atomic mass is 10.0. The number of hydrogen-bond acceptors (Lipinski definition) is 2. The molecule has 1 unspecified atom stereocenters. The summed E-state index contributed by atoms with van der Waals surface area (Å²) in [5, 5.41) is 3.30. The molecule has 0 aliphatic rings. The van der Waals surface area contributed by atoms with E-state index in [1.54, 1.807) is 0 Å². The van der Waals surface area contributed by atoms with E-state index in [0.29, 0.717) is 0 Å². The summed E-state index contributed by atoms with van der Waals surface area (Å²) in [6.45, 7) is 2.12. The van der Waals surface area contributed by atoms with Crippen LogP contribution in [0, 0.1) is 10.5 Å². The smallest absolute Gasteiger partial charge is 0.169 e. The molecule has 0 bridgehead atoms. The van der Waals surface area contributed by atoms with Crippen molar-refractivity contribution in [3.63, 3.8) is 0 Å². The summed E-state index contributed by atoms with van der Waals surface area (Å²) in [6.07, 6.45) is 0. The first-order chi connectivity index (χ1) is 8.13. The zero-order chi connectivity index (χ0) is 12.4. The zero-order valence-electron chi connectivity index (χ0n) is 9.63. The maximum atomic E-state index is 5.64. The average Bonchev–Trinajstić information content (AvgIpc) is 2.72. The first-order valence-electron chi connectivity index (χ1n) is 5.31. The van der Waals surface area contributed by atoms with Crippen molar-refractivity contribution in [3.05, 3.63) is 55.5 Å². The summed E-state index contributed by atoms with van der Waals surface area (Å²) in [5.41, 5.74) is 2.53. The highest BCUT2D eigenvalue weighted by atomic mass is 127. The van der Waals surface area contributed by atoms with E-state index in [-0.39, 0.29) is 6.04 Å². The Labute approximate surface area is 123 Å². The van der Waals surface area contributed by atoms with Gasteiger partial charge in [-0.3, -0.25) is 0 Å². The molecule has 0 spiro atoms. The standard InChI is InChI=1S/C13H13BrINO/c1-8-4-3-5-9(12(8)15)13(16-2)10-6-7-11(14)17-10/h3-7,13,16H,1-2H3. The molecule has 1 aromatic carbocycles. The van der Waals surface area contributed by atoms with Gasteiger partial charge in [0, 0.05) is 3.57 Å². The third kappa shape index (κ3) is 2.74. The summed E-state index contributed by atoms with van der Waals surface area (Å²) in [4.78, 5) is 0. The maximum absolute atomic E-state index is 5.64. The predicted molar refractivity (Wildman–Crippen MR) is 81.2 cm³/mol. The van der Waals surface area contributed by atoms with Crippen LogP contribution in [0.5, 0.6) is 0 Å². The number of nitrogens with one attached hydrogen (secondary N) is 1. The van der Waals surface area contributed by atoms with Crippen molar-refractivity contribution < 1.29 is 4.42 Å². The van der Waals surface area contributed by atoms with Crippen LogP contribution >= 0.6 is 38.5 Å². The third-order valence-electron chi connectivity index (χ3n) is 2.70.